The number of ether oxygens (including phenoxy) is 1. The maximum Gasteiger partial charge on any atom is 0.306 e. The summed E-state index contributed by atoms with van der Waals surface area (Å²) in [4.78, 5) is 12.8. The molecule has 0 spiro atoms. The first-order valence-electron chi connectivity index (χ1n) is 21.1. The van der Waals surface area contributed by atoms with E-state index in [4.69, 9.17) is 4.74 Å². The number of unbranched alkanes of at least 4 members (excludes halogenated alkanes) is 13. The molecule has 0 aromatic rings. The summed E-state index contributed by atoms with van der Waals surface area (Å²) in [6.45, 7) is 15.0. The number of allylic oxidation sites excluding steroid dienone is 1. The van der Waals surface area contributed by atoms with Gasteiger partial charge in [-0.1, -0.05) is 156 Å². The van der Waals surface area contributed by atoms with E-state index in [0.717, 1.165) is 54.8 Å². The lowest BCUT2D eigenvalue weighted by Gasteiger charge is -2.58. The van der Waals surface area contributed by atoms with E-state index in [1.165, 1.54) is 141 Å². The minimum atomic E-state index is 0.0646. The zero-order chi connectivity index (χ0) is 33.0. The summed E-state index contributed by atoms with van der Waals surface area (Å²) in [6, 6.07) is 0. The van der Waals surface area contributed by atoms with Crippen molar-refractivity contribution in [2.45, 2.75) is 215 Å². The molecule has 3 saturated carbocycles. The van der Waals surface area contributed by atoms with E-state index >= 15 is 0 Å². The van der Waals surface area contributed by atoms with E-state index in [9.17, 15) is 4.79 Å². The number of hydrogen-bond acceptors (Lipinski definition) is 2. The van der Waals surface area contributed by atoms with Gasteiger partial charge in [-0.15, -0.1) is 0 Å². The van der Waals surface area contributed by atoms with E-state index in [1.54, 1.807) is 5.57 Å². The van der Waals surface area contributed by atoms with E-state index in [0.29, 0.717) is 17.3 Å². The summed E-state index contributed by atoms with van der Waals surface area (Å²) in [7, 11) is 0. The fraction of sp³-hybridized carbons (Fsp3) is 0.932. The quantitative estimate of drug-likeness (QED) is 0.0710. The lowest BCUT2D eigenvalue weighted by atomic mass is 9.47. The minimum absolute atomic E-state index is 0.0646. The second-order valence-electron chi connectivity index (χ2n) is 18.0. The third kappa shape index (κ3) is 10.1. The average Bonchev–Trinajstić information content (AvgIpc) is 3.38. The standard InChI is InChI=1S/C44H78O2/c1-7-8-9-10-11-12-13-14-15-16-17-18-19-20-24-42(45)46-37-29-31-43(5)36(33-37)25-26-38-40-28-27-39(35(4)23-21-22-34(2)3)44(40,6)32-30-41(38)43/h25,34-35,37-41H,7-24,26-33H2,1-6H3/t35-,37+,38+,39-,40+,41+,43+,44-/m1/s1. The molecule has 46 heavy (non-hydrogen) atoms. The minimum Gasteiger partial charge on any atom is -0.462 e. The summed E-state index contributed by atoms with van der Waals surface area (Å²) in [5, 5.41) is 0. The molecule has 0 unspecified atom stereocenters. The van der Waals surface area contributed by atoms with Gasteiger partial charge in [0.15, 0.2) is 0 Å². The smallest absolute Gasteiger partial charge is 0.306 e. The van der Waals surface area contributed by atoms with Gasteiger partial charge in [0.2, 0.25) is 0 Å². The molecule has 0 N–H and O–H groups in total. The topological polar surface area (TPSA) is 26.3 Å². The molecular formula is C44H78O2. The molecule has 2 heteroatoms. The fourth-order valence-corrected chi connectivity index (χ4v) is 11.5. The summed E-state index contributed by atoms with van der Waals surface area (Å²) in [6.07, 6.45) is 36.9. The zero-order valence-corrected chi connectivity index (χ0v) is 31.8. The van der Waals surface area contributed by atoms with Gasteiger partial charge in [-0.3, -0.25) is 4.79 Å². The molecule has 8 atom stereocenters. The molecule has 0 aromatic heterocycles. The molecule has 0 radical (unpaired) electrons. The first-order chi connectivity index (χ1) is 22.2. The first kappa shape index (κ1) is 38.0. The van der Waals surface area contributed by atoms with Crippen LogP contribution in [-0.4, -0.2) is 12.1 Å². The van der Waals surface area contributed by atoms with Crippen molar-refractivity contribution in [2.24, 2.45) is 46.3 Å². The van der Waals surface area contributed by atoms with Crippen molar-refractivity contribution in [1.82, 2.24) is 0 Å². The molecule has 4 aliphatic carbocycles. The highest BCUT2D eigenvalue weighted by Gasteiger charge is 2.59. The van der Waals surface area contributed by atoms with Gasteiger partial charge in [0.1, 0.15) is 6.10 Å². The van der Waals surface area contributed by atoms with Crippen LogP contribution >= 0.6 is 0 Å². The summed E-state index contributed by atoms with van der Waals surface area (Å²) in [5.74, 6) is 5.34. The second kappa shape index (κ2) is 18.8. The molecule has 266 valence electrons. The third-order valence-corrected chi connectivity index (χ3v) is 14.3. The Hall–Kier alpha value is -0.790. The van der Waals surface area contributed by atoms with E-state index in [2.05, 4.69) is 47.6 Å². The van der Waals surface area contributed by atoms with Crippen LogP contribution in [0.25, 0.3) is 0 Å². The first-order valence-corrected chi connectivity index (χ1v) is 21.1. The van der Waals surface area contributed by atoms with E-state index < -0.39 is 0 Å². The SMILES string of the molecule is CCCCCCCCCCCCCCCCC(=O)O[C@H]1CC[C@@]2(C)C(=CC[C@H]3[C@@H]4CC[C@H]([C@H](C)CCCC(C)C)[C@@]4(C)CC[C@@H]32)C1. The zero-order valence-electron chi connectivity index (χ0n) is 31.8. The summed E-state index contributed by atoms with van der Waals surface area (Å²) >= 11 is 0. The molecule has 0 saturated heterocycles. The van der Waals surface area contributed by atoms with Crippen LogP contribution in [0.1, 0.15) is 208 Å². The van der Waals surface area contributed by atoms with Crippen LogP contribution in [0.15, 0.2) is 11.6 Å². The molecule has 2 nitrogen and oxygen atoms in total. The largest absolute Gasteiger partial charge is 0.462 e. The van der Waals surface area contributed by atoms with Gasteiger partial charge >= 0.3 is 5.97 Å². The van der Waals surface area contributed by atoms with Crippen molar-refractivity contribution in [3.8, 4) is 0 Å². The normalized spacial score (nSPS) is 32.8. The van der Waals surface area contributed by atoms with Crippen molar-refractivity contribution in [3.05, 3.63) is 11.6 Å². The van der Waals surface area contributed by atoms with E-state index in [1.807, 2.05) is 0 Å². The number of carbonyl (C=O) groups excluding carboxylic acids is 1. The van der Waals surface area contributed by atoms with Crippen molar-refractivity contribution in [3.63, 3.8) is 0 Å². The molecule has 4 rings (SSSR count). The maximum atomic E-state index is 12.8. The number of hydrogen-bond donors (Lipinski definition) is 0. The third-order valence-electron chi connectivity index (χ3n) is 14.3. The van der Waals surface area contributed by atoms with Crippen molar-refractivity contribution in [1.29, 1.82) is 0 Å². The molecule has 0 aromatic carbocycles. The molecule has 0 heterocycles. The van der Waals surface area contributed by atoms with Gasteiger partial charge in [0.05, 0.1) is 0 Å². The Morgan fingerprint density at radius 3 is 2.02 bits per heavy atom. The summed E-state index contributed by atoms with van der Waals surface area (Å²) < 4.78 is 6.13. The molecule has 0 amide bonds. The number of rotatable bonds is 21. The molecule has 3 fully saturated rings. The van der Waals surface area contributed by atoms with Gasteiger partial charge in [0, 0.05) is 12.8 Å². The number of carbonyl (C=O) groups is 1. The fourth-order valence-electron chi connectivity index (χ4n) is 11.5. The van der Waals surface area contributed by atoms with Crippen LogP contribution in [0.2, 0.25) is 0 Å². The Morgan fingerprint density at radius 2 is 1.39 bits per heavy atom. The van der Waals surface area contributed by atoms with Crippen LogP contribution in [0.3, 0.4) is 0 Å². The van der Waals surface area contributed by atoms with Gasteiger partial charge < -0.3 is 4.74 Å². The highest BCUT2D eigenvalue weighted by molar-refractivity contribution is 5.69. The Morgan fingerprint density at radius 1 is 0.761 bits per heavy atom. The predicted molar refractivity (Wildman–Crippen MR) is 198 cm³/mol. The molecular weight excluding hydrogens is 560 g/mol. The van der Waals surface area contributed by atoms with Crippen molar-refractivity contribution < 1.29 is 9.53 Å². The lowest BCUT2D eigenvalue weighted by Crippen LogP contribution is -2.51. The highest BCUT2D eigenvalue weighted by atomic mass is 16.5. The van der Waals surface area contributed by atoms with Crippen LogP contribution in [0.5, 0.6) is 0 Å². The van der Waals surface area contributed by atoms with Crippen LogP contribution < -0.4 is 0 Å². The maximum absolute atomic E-state index is 12.8. The second-order valence-corrected chi connectivity index (χ2v) is 18.0. The Bertz CT molecular complexity index is 919. The van der Waals surface area contributed by atoms with Crippen molar-refractivity contribution in [2.75, 3.05) is 0 Å². The van der Waals surface area contributed by atoms with Gasteiger partial charge in [-0.05, 0) is 97.7 Å². The Balaban J connectivity index is 1.12. The molecule has 4 aliphatic rings. The average molecular weight is 639 g/mol. The Labute approximate surface area is 287 Å². The van der Waals surface area contributed by atoms with Gasteiger partial charge in [0.25, 0.3) is 0 Å². The monoisotopic (exact) mass is 639 g/mol. The van der Waals surface area contributed by atoms with Gasteiger partial charge in [-0.25, -0.2) is 0 Å². The molecule has 0 bridgehead atoms. The Kier molecular flexibility index (Phi) is 15.6. The highest BCUT2D eigenvalue weighted by Crippen LogP contribution is 2.67. The predicted octanol–water partition coefficient (Wildman–Crippen LogP) is 13.8. The van der Waals surface area contributed by atoms with Crippen LogP contribution in [0, 0.1) is 46.3 Å². The van der Waals surface area contributed by atoms with E-state index in [-0.39, 0.29) is 12.1 Å². The number of esters is 1. The summed E-state index contributed by atoms with van der Waals surface area (Å²) in [5.41, 5.74) is 2.54. The molecule has 0 aliphatic heterocycles. The number of fused-ring (bicyclic) bond motifs is 5. The van der Waals surface area contributed by atoms with Crippen LogP contribution in [0.4, 0.5) is 0 Å². The van der Waals surface area contributed by atoms with Gasteiger partial charge in [-0.2, -0.15) is 0 Å². The van der Waals surface area contributed by atoms with Crippen molar-refractivity contribution >= 4 is 5.97 Å². The van der Waals surface area contributed by atoms with Crippen LogP contribution in [-0.2, 0) is 9.53 Å². The lowest BCUT2D eigenvalue weighted by molar-refractivity contribution is -0.151.